The molecule has 0 fully saturated rings. The van der Waals surface area contributed by atoms with Crippen LogP contribution in [-0.2, 0) is 0 Å². The molecular weight excluding hydrogens is 206 g/mol. The predicted octanol–water partition coefficient (Wildman–Crippen LogP) is 1.20. The number of ether oxygens (including phenoxy) is 1. The molecule has 0 heterocycles. The van der Waals surface area contributed by atoms with Crippen molar-refractivity contribution >= 4 is 5.91 Å². The number of aliphatic hydroxyl groups is 1. The van der Waals surface area contributed by atoms with Gasteiger partial charge in [-0.25, -0.2) is 0 Å². The highest BCUT2D eigenvalue weighted by Crippen LogP contribution is 2.12. The number of hydrogen-bond acceptors (Lipinski definition) is 3. The highest BCUT2D eigenvalue weighted by atomic mass is 16.5. The minimum atomic E-state index is -0.196. The van der Waals surface area contributed by atoms with E-state index in [1.807, 2.05) is 6.92 Å². The summed E-state index contributed by atoms with van der Waals surface area (Å²) in [5.74, 6) is 0.449. The maximum Gasteiger partial charge on any atom is 0.251 e. The predicted molar refractivity (Wildman–Crippen MR) is 61.6 cm³/mol. The SMILES string of the molecule is CCC(CO)NC(=O)c1cccc(OC)c1. The van der Waals surface area contributed by atoms with E-state index in [1.54, 1.807) is 31.4 Å². The Morgan fingerprint density at radius 2 is 2.31 bits per heavy atom. The molecule has 1 amide bonds. The Kier molecular flexibility index (Phi) is 4.79. The zero-order valence-electron chi connectivity index (χ0n) is 9.56. The summed E-state index contributed by atoms with van der Waals surface area (Å²) in [7, 11) is 1.56. The van der Waals surface area contributed by atoms with E-state index >= 15 is 0 Å². The van der Waals surface area contributed by atoms with E-state index in [1.165, 1.54) is 0 Å². The van der Waals surface area contributed by atoms with Gasteiger partial charge in [-0.05, 0) is 24.6 Å². The molecule has 1 rings (SSSR count). The number of carbonyl (C=O) groups is 1. The molecular formula is C12H17NO3. The number of nitrogens with one attached hydrogen (secondary N) is 1. The first-order valence-electron chi connectivity index (χ1n) is 5.27. The second-order valence-electron chi connectivity index (χ2n) is 3.49. The van der Waals surface area contributed by atoms with Crippen LogP contribution in [0.2, 0.25) is 0 Å². The summed E-state index contributed by atoms with van der Waals surface area (Å²) >= 11 is 0. The number of aliphatic hydroxyl groups excluding tert-OH is 1. The Hall–Kier alpha value is -1.55. The fourth-order valence-corrected chi connectivity index (χ4v) is 1.31. The van der Waals surface area contributed by atoms with Gasteiger partial charge >= 0.3 is 0 Å². The third-order valence-corrected chi connectivity index (χ3v) is 2.38. The number of carbonyl (C=O) groups excluding carboxylic acids is 1. The molecule has 0 aliphatic carbocycles. The van der Waals surface area contributed by atoms with Crippen molar-refractivity contribution in [2.75, 3.05) is 13.7 Å². The van der Waals surface area contributed by atoms with Crippen molar-refractivity contribution in [2.45, 2.75) is 19.4 Å². The van der Waals surface area contributed by atoms with Crippen molar-refractivity contribution in [3.8, 4) is 5.75 Å². The van der Waals surface area contributed by atoms with Gasteiger partial charge in [0.2, 0.25) is 0 Å². The quantitative estimate of drug-likeness (QED) is 0.788. The first-order valence-corrected chi connectivity index (χ1v) is 5.27. The molecule has 16 heavy (non-hydrogen) atoms. The topological polar surface area (TPSA) is 58.6 Å². The summed E-state index contributed by atoms with van der Waals surface area (Å²) < 4.78 is 5.03. The molecule has 0 saturated carbocycles. The molecule has 2 N–H and O–H groups in total. The fourth-order valence-electron chi connectivity index (χ4n) is 1.31. The summed E-state index contributed by atoms with van der Waals surface area (Å²) in [6.45, 7) is 1.86. The van der Waals surface area contributed by atoms with Gasteiger partial charge in [0, 0.05) is 5.56 Å². The maximum atomic E-state index is 11.8. The highest BCUT2D eigenvalue weighted by Gasteiger charge is 2.11. The highest BCUT2D eigenvalue weighted by molar-refractivity contribution is 5.94. The zero-order chi connectivity index (χ0) is 12.0. The van der Waals surface area contributed by atoms with Crippen LogP contribution in [0.15, 0.2) is 24.3 Å². The van der Waals surface area contributed by atoms with E-state index in [0.29, 0.717) is 17.7 Å². The molecule has 1 aromatic rings. The molecule has 0 spiro atoms. The molecule has 1 atom stereocenters. The van der Waals surface area contributed by atoms with Gasteiger partial charge in [-0.15, -0.1) is 0 Å². The Morgan fingerprint density at radius 3 is 2.88 bits per heavy atom. The Labute approximate surface area is 95.2 Å². The van der Waals surface area contributed by atoms with E-state index in [9.17, 15) is 4.79 Å². The van der Waals surface area contributed by atoms with Crippen molar-refractivity contribution in [3.05, 3.63) is 29.8 Å². The molecule has 0 bridgehead atoms. The lowest BCUT2D eigenvalue weighted by Crippen LogP contribution is -2.36. The molecule has 4 heteroatoms. The lowest BCUT2D eigenvalue weighted by Gasteiger charge is -2.14. The van der Waals surface area contributed by atoms with Gasteiger partial charge in [0.05, 0.1) is 19.8 Å². The first-order chi connectivity index (χ1) is 7.71. The molecule has 1 aromatic carbocycles. The third kappa shape index (κ3) is 3.24. The summed E-state index contributed by atoms with van der Waals surface area (Å²) in [5, 5.41) is 11.7. The van der Waals surface area contributed by atoms with Crippen molar-refractivity contribution in [1.29, 1.82) is 0 Å². The molecule has 0 aliphatic heterocycles. The minimum Gasteiger partial charge on any atom is -0.497 e. The Balaban J connectivity index is 2.72. The second-order valence-corrected chi connectivity index (χ2v) is 3.49. The van der Waals surface area contributed by atoms with Crippen LogP contribution in [0.1, 0.15) is 23.7 Å². The largest absolute Gasteiger partial charge is 0.497 e. The fraction of sp³-hybridized carbons (Fsp3) is 0.417. The van der Waals surface area contributed by atoms with Gasteiger partial charge in [-0.2, -0.15) is 0 Å². The van der Waals surface area contributed by atoms with Crippen molar-refractivity contribution in [1.82, 2.24) is 5.32 Å². The van der Waals surface area contributed by atoms with E-state index in [-0.39, 0.29) is 18.6 Å². The van der Waals surface area contributed by atoms with E-state index in [0.717, 1.165) is 0 Å². The standard InChI is InChI=1S/C12H17NO3/c1-3-10(8-14)13-12(15)9-5-4-6-11(7-9)16-2/h4-7,10,14H,3,8H2,1-2H3,(H,13,15). The monoisotopic (exact) mass is 223 g/mol. The van der Waals surface area contributed by atoms with Crippen LogP contribution in [0.4, 0.5) is 0 Å². The van der Waals surface area contributed by atoms with Crippen LogP contribution >= 0.6 is 0 Å². The van der Waals surface area contributed by atoms with Gasteiger partial charge in [0.1, 0.15) is 5.75 Å². The molecule has 1 unspecified atom stereocenters. The molecule has 0 aromatic heterocycles. The number of methoxy groups -OCH3 is 1. The molecule has 0 radical (unpaired) electrons. The van der Waals surface area contributed by atoms with Crippen LogP contribution in [0, 0.1) is 0 Å². The lowest BCUT2D eigenvalue weighted by atomic mass is 10.1. The molecule has 0 aliphatic rings. The van der Waals surface area contributed by atoms with E-state index in [2.05, 4.69) is 5.32 Å². The molecule has 4 nitrogen and oxygen atoms in total. The third-order valence-electron chi connectivity index (χ3n) is 2.38. The zero-order valence-corrected chi connectivity index (χ0v) is 9.56. The van der Waals surface area contributed by atoms with E-state index < -0.39 is 0 Å². The average molecular weight is 223 g/mol. The first kappa shape index (κ1) is 12.5. The van der Waals surface area contributed by atoms with Crippen molar-refractivity contribution < 1.29 is 14.6 Å². The van der Waals surface area contributed by atoms with Gasteiger partial charge in [-0.1, -0.05) is 13.0 Å². The van der Waals surface area contributed by atoms with Crippen LogP contribution in [0.5, 0.6) is 5.75 Å². The van der Waals surface area contributed by atoms with Gasteiger partial charge in [0.25, 0.3) is 5.91 Å². The van der Waals surface area contributed by atoms with Crippen LogP contribution in [0.25, 0.3) is 0 Å². The van der Waals surface area contributed by atoms with E-state index in [4.69, 9.17) is 9.84 Å². The number of rotatable bonds is 5. The minimum absolute atomic E-state index is 0.0494. The second kappa shape index (κ2) is 6.12. The van der Waals surface area contributed by atoms with Gasteiger partial charge in [0.15, 0.2) is 0 Å². The lowest BCUT2D eigenvalue weighted by molar-refractivity contribution is 0.0914. The Bertz CT molecular complexity index is 348. The molecule has 88 valence electrons. The number of amides is 1. The smallest absolute Gasteiger partial charge is 0.251 e. The van der Waals surface area contributed by atoms with Crippen LogP contribution in [-0.4, -0.2) is 30.8 Å². The summed E-state index contributed by atoms with van der Waals surface area (Å²) in [4.78, 5) is 11.8. The van der Waals surface area contributed by atoms with Crippen molar-refractivity contribution in [3.63, 3.8) is 0 Å². The van der Waals surface area contributed by atoms with Crippen LogP contribution in [0.3, 0.4) is 0 Å². The molecule has 0 saturated heterocycles. The summed E-state index contributed by atoms with van der Waals surface area (Å²) in [6.07, 6.45) is 0.701. The summed E-state index contributed by atoms with van der Waals surface area (Å²) in [6, 6.07) is 6.72. The van der Waals surface area contributed by atoms with Crippen molar-refractivity contribution in [2.24, 2.45) is 0 Å². The van der Waals surface area contributed by atoms with Gasteiger partial charge < -0.3 is 15.2 Å². The van der Waals surface area contributed by atoms with Crippen LogP contribution < -0.4 is 10.1 Å². The Morgan fingerprint density at radius 1 is 1.56 bits per heavy atom. The summed E-state index contributed by atoms with van der Waals surface area (Å²) in [5.41, 5.74) is 0.534. The maximum absolute atomic E-state index is 11.8. The average Bonchev–Trinajstić information content (AvgIpc) is 2.35. The number of benzene rings is 1. The van der Waals surface area contributed by atoms with Gasteiger partial charge in [-0.3, -0.25) is 4.79 Å². The normalized spacial score (nSPS) is 11.9. The number of hydrogen-bond donors (Lipinski definition) is 2.